The second kappa shape index (κ2) is 8.61. The minimum atomic E-state index is -0.336. The maximum atomic E-state index is 14.4. The highest BCUT2D eigenvalue weighted by Crippen LogP contribution is 2.31. The van der Waals surface area contributed by atoms with E-state index in [1.54, 1.807) is 26.4 Å². The second-order valence-electron chi connectivity index (χ2n) is 7.12. The van der Waals surface area contributed by atoms with E-state index in [2.05, 4.69) is 11.8 Å². The van der Waals surface area contributed by atoms with Crippen molar-refractivity contribution < 1.29 is 18.7 Å². The van der Waals surface area contributed by atoms with Crippen LogP contribution in [0.4, 0.5) is 10.1 Å². The SMILES string of the molecule is COc1cc(C)c(CN2CCN(c3ccc(C(C)=O)cc3F)CC2)cc1OC. The van der Waals surface area contributed by atoms with Gasteiger partial charge in [-0.05, 0) is 55.3 Å². The van der Waals surface area contributed by atoms with E-state index in [1.807, 2.05) is 17.0 Å². The first kappa shape index (κ1) is 20.1. The Bertz CT molecular complexity index is 861. The number of ketones is 1. The standard InChI is InChI=1S/C22H27FN2O3/c1-15-11-21(27-3)22(28-4)13-18(15)14-24-7-9-25(10-8-24)20-6-5-17(16(2)26)12-19(20)23/h5-6,11-13H,7-10,14H2,1-4H3. The van der Waals surface area contributed by atoms with Crippen LogP contribution in [0.1, 0.15) is 28.4 Å². The largest absolute Gasteiger partial charge is 0.493 e. The summed E-state index contributed by atoms with van der Waals surface area (Å²) in [7, 11) is 3.28. The molecule has 1 saturated heterocycles. The number of Topliss-reactive ketones (excluding diaryl/α,β-unsaturated/α-hetero) is 1. The summed E-state index contributed by atoms with van der Waals surface area (Å²) < 4.78 is 25.2. The molecule has 0 radical (unpaired) electrons. The molecule has 28 heavy (non-hydrogen) atoms. The lowest BCUT2D eigenvalue weighted by atomic mass is 10.1. The highest BCUT2D eigenvalue weighted by atomic mass is 19.1. The number of carbonyl (C=O) groups excluding carboxylic acids is 1. The average molecular weight is 386 g/mol. The van der Waals surface area contributed by atoms with Crippen LogP contribution < -0.4 is 14.4 Å². The van der Waals surface area contributed by atoms with E-state index in [0.717, 1.165) is 49.8 Å². The summed E-state index contributed by atoms with van der Waals surface area (Å²) in [6.07, 6.45) is 0. The predicted molar refractivity (Wildman–Crippen MR) is 108 cm³/mol. The second-order valence-corrected chi connectivity index (χ2v) is 7.12. The fraction of sp³-hybridized carbons (Fsp3) is 0.409. The van der Waals surface area contributed by atoms with Crippen LogP contribution in [0.25, 0.3) is 0 Å². The third kappa shape index (κ3) is 4.28. The Morgan fingerprint density at radius 2 is 1.68 bits per heavy atom. The van der Waals surface area contributed by atoms with Crippen LogP contribution in [0.3, 0.4) is 0 Å². The summed E-state index contributed by atoms with van der Waals surface area (Å²) in [5.74, 6) is 1.00. The first-order chi connectivity index (χ1) is 13.4. The van der Waals surface area contributed by atoms with Gasteiger partial charge in [-0.15, -0.1) is 0 Å². The highest BCUT2D eigenvalue weighted by molar-refractivity contribution is 5.94. The van der Waals surface area contributed by atoms with Gasteiger partial charge in [0.2, 0.25) is 0 Å². The highest BCUT2D eigenvalue weighted by Gasteiger charge is 2.21. The third-order valence-electron chi connectivity index (χ3n) is 5.30. The fourth-order valence-electron chi connectivity index (χ4n) is 3.56. The van der Waals surface area contributed by atoms with Gasteiger partial charge in [0.15, 0.2) is 17.3 Å². The molecule has 0 amide bonds. The molecule has 1 fully saturated rings. The van der Waals surface area contributed by atoms with Gasteiger partial charge in [-0.1, -0.05) is 0 Å². The molecule has 0 unspecified atom stereocenters. The summed E-state index contributed by atoms with van der Waals surface area (Å²) in [6.45, 7) is 7.48. The quantitative estimate of drug-likeness (QED) is 0.709. The maximum absolute atomic E-state index is 14.4. The van der Waals surface area contributed by atoms with Crippen molar-refractivity contribution in [3.8, 4) is 11.5 Å². The van der Waals surface area contributed by atoms with Gasteiger partial charge in [0.05, 0.1) is 19.9 Å². The van der Waals surface area contributed by atoms with Gasteiger partial charge < -0.3 is 14.4 Å². The number of halogens is 1. The summed E-state index contributed by atoms with van der Waals surface area (Å²) in [6, 6.07) is 8.76. The molecule has 3 rings (SSSR count). The third-order valence-corrected chi connectivity index (χ3v) is 5.30. The van der Waals surface area contributed by atoms with Crippen molar-refractivity contribution in [1.29, 1.82) is 0 Å². The van der Waals surface area contributed by atoms with E-state index in [9.17, 15) is 9.18 Å². The van der Waals surface area contributed by atoms with E-state index in [-0.39, 0.29) is 11.6 Å². The molecule has 150 valence electrons. The van der Waals surface area contributed by atoms with Crippen LogP contribution in [0.2, 0.25) is 0 Å². The van der Waals surface area contributed by atoms with Crippen molar-refractivity contribution >= 4 is 11.5 Å². The molecule has 0 spiro atoms. The average Bonchev–Trinajstić information content (AvgIpc) is 2.69. The van der Waals surface area contributed by atoms with Gasteiger partial charge in [-0.25, -0.2) is 4.39 Å². The molecule has 1 aliphatic rings. The van der Waals surface area contributed by atoms with Crippen LogP contribution >= 0.6 is 0 Å². The Balaban J connectivity index is 1.66. The zero-order chi connectivity index (χ0) is 20.3. The number of piperazine rings is 1. The lowest BCUT2D eigenvalue weighted by Gasteiger charge is -2.36. The summed E-state index contributed by atoms with van der Waals surface area (Å²) >= 11 is 0. The molecule has 2 aromatic rings. The monoisotopic (exact) mass is 386 g/mol. The van der Waals surface area contributed by atoms with E-state index in [4.69, 9.17) is 9.47 Å². The Kier molecular flexibility index (Phi) is 6.19. The van der Waals surface area contributed by atoms with Gasteiger partial charge in [0.25, 0.3) is 0 Å². The van der Waals surface area contributed by atoms with Crippen molar-refractivity contribution in [3.05, 3.63) is 52.8 Å². The summed E-state index contributed by atoms with van der Waals surface area (Å²) in [5, 5.41) is 0. The van der Waals surface area contributed by atoms with Gasteiger partial charge in [-0.2, -0.15) is 0 Å². The minimum Gasteiger partial charge on any atom is -0.493 e. The molecule has 0 N–H and O–H groups in total. The van der Waals surface area contributed by atoms with E-state index in [0.29, 0.717) is 11.3 Å². The maximum Gasteiger partial charge on any atom is 0.161 e. The van der Waals surface area contributed by atoms with Crippen LogP contribution in [-0.4, -0.2) is 51.1 Å². The van der Waals surface area contributed by atoms with Crippen molar-refractivity contribution in [2.45, 2.75) is 20.4 Å². The molecule has 1 heterocycles. The molecule has 0 aromatic heterocycles. The van der Waals surface area contributed by atoms with Gasteiger partial charge in [-0.3, -0.25) is 9.69 Å². The number of benzene rings is 2. The molecule has 0 bridgehead atoms. The van der Waals surface area contributed by atoms with Gasteiger partial charge in [0.1, 0.15) is 5.82 Å². The first-order valence-electron chi connectivity index (χ1n) is 9.42. The minimum absolute atomic E-state index is 0.124. The molecule has 0 aliphatic carbocycles. The fourth-order valence-corrected chi connectivity index (χ4v) is 3.56. The number of carbonyl (C=O) groups is 1. The van der Waals surface area contributed by atoms with Crippen molar-refractivity contribution in [1.82, 2.24) is 4.90 Å². The lowest BCUT2D eigenvalue weighted by molar-refractivity contribution is 0.101. The molecule has 5 nitrogen and oxygen atoms in total. The number of anilines is 1. The number of ether oxygens (including phenoxy) is 2. The van der Waals surface area contributed by atoms with Crippen molar-refractivity contribution in [2.75, 3.05) is 45.3 Å². The molecular formula is C22H27FN2O3. The zero-order valence-corrected chi connectivity index (χ0v) is 16.9. The number of rotatable bonds is 6. The van der Waals surface area contributed by atoms with Crippen LogP contribution in [-0.2, 0) is 6.54 Å². The van der Waals surface area contributed by atoms with Crippen molar-refractivity contribution in [2.24, 2.45) is 0 Å². The number of aryl methyl sites for hydroxylation is 1. The Morgan fingerprint density at radius 1 is 1.04 bits per heavy atom. The van der Waals surface area contributed by atoms with Crippen LogP contribution in [0, 0.1) is 12.7 Å². The topological polar surface area (TPSA) is 42.0 Å². The van der Waals surface area contributed by atoms with E-state index in [1.165, 1.54) is 18.6 Å². The number of hydrogen-bond donors (Lipinski definition) is 0. The van der Waals surface area contributed by atoms with E-state index >= 15 is 0 Å². The number of nitrogens with zero attached hydrogens (tertiary/aromatic N) is 2. The van der Waals surface area contributed by atoms with Crippen LogP contribution in [0.5, 0.6) is 11.5 Å². The van der Waals surface area contributed by atoms with Gasteiger partial charge in [0, 0.05) is 38.3 Å². The normalized spacial score (nSPS) is 14.8. The molecule has 2 aromatic carbocycles. The Labute approximate surface area is 165 Å². The Hall–Kier alpha value is -2.60. The van der Waals surface area contributed by atoms with Crippen LogP contribution in [0.15, 0.2) is 30.3 Å². The molecule has 6 heteroatoms. The molecule has 0 saturated carbocycles. The number of methoxy groups -OCH3 is 2. The van der Waals surface area contributed by atoms with Gasteiger partial charge >= 0.3 is 0 Å². The summed E-state index contributed by atoms with van der Waals surface area (Å²) in [5.41, 5.74) is 3.32. The van der Waals surface area contributed by atoms with E-state index < -0.39 is 0 Å². The molecule has 0 atom stereocenters. The molecule has 1 aliphatic heterocycles. The first-order valence-corrected chi connectivity index (χ1v) is 9.42. The predicted octanol–water partition coefficient (Wildman–Crippen LogP) is 3.68. The number of hydrogen-bond acceptors (Lipinski definition) is 5. The van der Waals surface area contributed by atoms with Crippen molar-refractivity contribution in [3.63, 3.8) is 0 Å². The Morgan fingerprint density at radius 3 is 2.25 bits per heavy atom. The summed E-state index contributed by atoms with van der Waals surface area (Å²) in [4.78, 5) is 15.8. The lowest BCUT2D eigenvalue weighted by Crippen LogP contribution is -2.46. The zero-order valence-electron chi connectivity index (χ0n) is 16.9. The smallest absolute Gasteiger partial charge is 0.161 e. The molecular weight excluding hydrogens is 359 g/mol.